The molecule has 0 saturated carbocycles. The Kier molecular flexibility index (Phi) is 2.20. The lowest BCUT2D eigenvalue weighted by Gasteiger charge is -2.04. The second-order valence-corrected chi connectivity index (χ2v) is 4.22. The maximum Gasteiger partial charge on any atom is 0.102 e. The quantitative estimate of drug-likeness (QED) is 0.717. The maximum absolute atomic E-state index is 9.52. The second-order valence-electron chi connectivity index (χ2n) is 2.78. The van der Waals surface area contributed by atoms with E-state index < -0.39 is 6.10 Å². The lowest BCUT2D eigenvalue weighted by atomic mass is 10.1. The summed E-state index contributed by atoms with van der Waals surface area (Å²) < 4.78 is 0. The molecule has 1 aliphatic heterocycles. The summed E-state index contributed by atoms with van der Waals surface area (Å²) in [5.74, 6) is 0.615. The van der Waals surface area contributed by atoms with Crippen LogP contribution >= 0.6 is 23.4 Å². The molecule has 0 radical (unpaired) electrons. The molecule has 1 unspecified atom stereocenters. The topological polar surface area (TPSA) is 44.0 Å². The molecule has 0 saturated heterocycles. The SMILES string of the molecule is N#Cc1c(Cl)ccc2c1SCC2O. The van der Waals surface area contributed by atoms with Gasteiger partial charge < -0.3 is 5.11 Å². The molecule has 0 aromatic heterocycles. The highest BCUT2D eigenvalue weighted by Crippen LogP contribution is 2.42. The third kappa shape index (κ3) is 1.31. The molecule has 1 N–H and O–H groups in total. The van der Waals surface area contributed by atoms with Crippen molar-refractivity contribution >= 4 is 23.4 Å². The zero-order valence-electron chi connectivity index (χ0n) is 6.62. The molecule has 0 aliphatic carbocycles. The Morgan fingerprint density at radius 2 is 2.38 bits per heavy atom. The lowest BCUT2D eigenvalue weighted by molar-refractivity contribution is 0.205. The molecule has 1 aromatic rings. The van der Waals surface area contributed by atoms with Crippen molar-refractivity contribution in [1.29, 1.82) is 5.26 Å². The van der Waals surface area contributed by atoms with E-state index in [1.807, 2.05) is 0 Å². The molecular formula is C9H6ClNOS. The number of nitrogens with zero attached hydrogens (tertiary/aromatic N) is 1. The van der Waals surface area contributed by atoms with Crippen LogP contribution in [0.1, 0.15) is 17.2 Å². The standard InChI is InChI=1S/C9H6ClNOS/c10-7-2-1-5-8(12)4-13-9(5)6(7)3-11/h1-2,8,12H,4H2. The Labute approximate surface area is 85.1 Å². The summed E-state index contributed by atoms with van der Waals surface area (Å²) in [6, 6.07) is 5.49. The summed E-state index contributed by atoms with van der Waals surface area (Å²) >= 11 is 7.32. The predicted molar refractivity (Wildman–Crippen MR) is 51.9 cm³/mol. The van der Waals surface area contributed by atoms with E-state index in [0.29, 0.717) is 16.3 Å². The van der Waals surface area contributed by atoms with Gasteiger partial charge in [-0.2, -0.15) is 5.26 Å². The van der Waals surface area contributed by atoms with Crippen molar-refractivity contribution in [3.05, 3.63) is 28.3 Å². The summed E-state index contributed by atoms with van der Waals surface area (Å²) in [7, 11) is 0. The van der Waals surface area contributed by atoms with E-state index in [0.717, 1.165) is 10.5 Å². The number of hydrogen-bond acceptors (Lipinski definition) is 3. The molecule has 2 nitrogen and oxygen atoms in total. The van der Waals surface area contributed by atoms with Crippen LogP contribution in [0.25, 0.3) is 0 Å². The summed E-state index contributed by atoms with van der Waals surface area (Å²) in [6.07, 6.45) is -0.454. The number of aliphatic hydroxyl groups excluding tert-OH is 1. The van der Waals surface area contributed by atoms with Crippen LogP contribution < -0.4 is 0 Å². The van der Waals surface area contributed by atoms with Crippen LogP contribution in [0.5, 0.6) is 0 Å². The van der Waals surface area contributed by atoms with Crippen molar-refractivity contribution in [2.75, 3.05) is 5.75 Å². The highest BCUT2D eigenvalue weighted by atomic mass is 35.5. The Balaban J connectivity index is 2.66. The fourth-order valence-electron chi connectivity index (χ4n) is 1.35. The number of aliphatic hydroxyl groups is 1. The number of rotatable bonds is 0. The molecule has 4 heteroatoms. The fourth-order valence-corrected chi connectivity index (χ4v) is 2.78. The Hall–Kier alpha value is -0.690. The van der Waals surface area contributed by atoms with Gasteiger partial charge >= 0.3 is 0 Å². The first-order valence-electron chi connectivity index (χ1n) is 3.77. The van der Waals surface area contributed by atoms with E-state index in [9.17, 15) is 5.11 Å². The van der Waals surface area contributed by atoms with E-state index in [1.165, 1.54) is 11.8 Å². The van der Waals surface area contributed by atoms with Gasteiger partial charge in [-0.15, -0.1) is 11.8 Å². The van der Waals surface area contributed by atoms with Crippen LogP contribution in [-0.2, 0) is 0 Å². The van der Waals surface area contributed by atoms with E-state index in [2.05, 4.69) is 6.07 Å². The predicted octanol–water partition coefficient (Wildman–Crippen LogP) is 2.35. The number of halogens is 1. The van der Waals surface area contributed by atoms with Gasteiger partial charge in [0.05, 0.1) is 16.7 Å². The van der Waals surface area contributed by atoms with Crippen LogP contribution in [0.2, 0.25) is 5.02 Å². The van der Waals surface area contributed by atoms with Crippen LogP contribution in [0, 0.1) is 11.3 Å². The average Bonchev–Trinajstić information content (AvgIpc) is 2.48. The zero-order chi connectivity index (χ0) is 9.42. The summed E-state index contributed by atoms with van der Waals surface area (Å²) in [5.41, 5.74) is 1.31. The highest BCUT2D eigenvalue weighted by Gasteiger charge is 2.24. The van der Waals surface area contributed by atoms with Gasteiger partial charge in [0, 0.05) is 10.6 Å². The Morgan fingerprint density at radius 3 is 3.08 bits per heavy atom. The number of benzene rings is 1. The van der Waals surface area contributed by atoms with Crippen LogP contribution in [0.3, 0.4) is 0 Å². The molecule has 0 amide bonds. The van der Waals surface area contributed by atoms with Crippen LogP contribution in [0.15, 0.2) is 17.0 Å². The zero-order valence-corrected chi connectivity index (χ0v) is 8.19. The number of fused-ring (bicyclic) bond motifs is 1. The van der Waals surface area contributed by atoms with E-state index in [1.54, 1.807) is 12.1 Å². The molecule has 2 rings (SSSR count). The van der Waals surface area contributed by atoms with Crippen molar-refractivity contribution in [2.45, 2.75) is 11.0 Å². The molecule has 0 bridgehead atoms. The van der Waals surface area contributed by atoms with Gasteiger partial charge in [-0.3, -0.25) is 0 Å². The molecule has 1 heterocycles. The third-order valence-corrected chi connectivity index (χ3v) is 3.52. The molecule has 66 valence electrons. The first-order chi connectivity index (χ1) is 6.24. The van der Waals surface area contributed by atoms with Crippen molar-refractivity contribution in [3.63, 3.8) is 0 Å². The third-order valence-electron chi connectivity index (χ3n) is 1.99. The molecule has 1 atom stereocenters. The summed E-state index contributed by atoms with van der Waals surface area (Å²) in [4.78, 5) is 0.836. The normalized spacial score (nSPS) is 19.6. The largest absolute Gasteiger partial charge is 0.387 e. The van der Waals surface area contributed by atoms with Gasteiger partial charge in [-0.25, -0.2) is 0 Å². The number of hydrogen-bond donors (Lipinski definition) is 1. The minimum absolute atomic E-state index is 0.454. The van der Waals surface area contributed by atoms with Gasteiger partial charge in [0.2, 0.25) is 0 Å². The molecule has 1 aromatic carbocycles. The lowest BCUT2D eigenvalue weighted by Crippen LogP contribution is -1.94. The molecule has 0 fully saturated rings. The molecule has 1 aliphatic rings. The minimum atomic E-state index is -0.454. The first kappa shape index (κ1) is 8.89. The van der Waals surface area contributed by atoms with Gasteiger partial charge in [-0.1, -0.05) is 17.7 Å². The number of thioether (sulfide) groups is 1. The monoisotopic (exact) mass is 211 g/mol. The number of nitriles is 1. The van der Waals surface area contributed by atoms with Crippen molar-refractivity contribution in [3.8, 4) is 6.07 Å². The van der Waals surface area contributed by atoms with E-state index in [4.69, 9.17) is 16.9 Å². The molecular weight excluding hydrogens is 206 g/mol. The van der Waals surface area contributed by atoms with Gasteiger partial charge in [0.25, 0.3) is 0 Å². The smallest absolute Gasteiger partial charge is 0.102 e. The first-order valence-corrected chi connectivity index (χ1v) is 5.13. The van der Waals surface area contributed by atoms with Crippen LogP contribution in [-0.4, -0.2) is 10.9 Å². The van der Waals surface area contributed by atoms with Crippen molar-refractivity contribution in [2.24, 2.45) is 0 Å². The van der Waals surface area contributed by atoms with Gasteiger partial charge in [-0.05, 0) is 11.6 Å². The summed E-state index contributed by atoms with van der Waals surface area (Å²) in [6.45, 7) is 0. The van der Waals surface area contributed by atoms with Gasteiger partial charge in [0.1, 0.15) is 6.07 Å². The van der Waals surface area contributed by atoms with E-state index in [-0.39, 0.29) is 0 Å². The van der Waals surface area contributed by atoms with Crippen LogP contribution in [0.4, 0.5) is 0 Å². The molecule has 13 heavy (non-hydrogen) atoms. The molecule has 0 spiro atoms. The fraction of sp³-hybridized carbons (Fsp3) is 0.222. The highest BCUT2D eigenvalue weighted by molar-refractivity contribution is 7.99. The Bertz CT molecular complexity index is 399. The Morgan fingerprint density at radius 1 is 1.62 bits per heavy atom. The van der Waals surface area contributed by atoms with Crippen molar-refractivity contribution in [1.82, 2.24) is 0 Å². The van der Waals surface area contributed by atoms with E-state index >= 15 is 0 Å². The van der Waals surface area contributed by atoms with Crippen molar-refractivity contribution < 1.29 is 5.11 Å². The maximum atomic E-state index is 9.52. The second kappa shape index (κ2) is 3.22. The van der Waals surface area contributed by atoms with Gasteiger partial charge in [0.15, 0.2) is 0 Å². The minimum Gasteiger partial charge on any atom is -0.387 e. The summed E-state index contributed by atoms with van der Waals surface area (Å²) in [5, 5.41) is 18.8. The average molecular weight is 212 g/mol.